The van der Waals surface area contributed by atoms with Gasteiger partial charge in [0.1, 0.15) is 16.8 Å². The van der Waals surface area contributed by atoms with Crippen LogP contribution in [0.25, 0.3) is 0 Å². The van der Waals surface area contributed by atoms with Crippen LogP contribution < -0.4 is 0 Å². The van der Waals surface area contributed by atoms with Crippen LogP contribution in [0.4, 0.5) is 0 Å². The lowest BCUT2D eigenvalue weighted by Gasteiger charge is -2.16. The number of pyridine rings is 1. The number of carbonyl (C=O) groups excluding carboxylic acids is 1. The molecule has 2 fully saturated rings. The average Bonchev–Trinajstić information content (AvgIpc) is 3.03. The summed E-state index contributed by atoms with van der Waals surface area (Å²) < 4.78 is 16.4. The minimum Gasteiger partial charge on any atom is -0.453 e. The smallest absolute Gasteiger partial charge is 0.341 e. The molecule has 0 radical (unpaired) electrons. The highest BCUT2D eigenvalue weighted by atomic mass is 32.1. The molecule has 9 nitrogen and oxygen atoms in total. The van der Waals surface area contributed by atoms with Crippen LogP contribution in [0, 0.1) is 14.8 Å². The summed E-state index contributed by atoms with van der Waals surface area (Å²) in [4.78, 5) is 29.7. The van der Waals surface area contributed by atoms with Gasteiger partial charge in [-0.3, -0.25) is 0 Å². The first-order chi connectivity index (χ1) is 10.6. The Bertz CT molecular complexity index is 648. The van der Waals surface area contributed by atoms with Gasteiger partial charge in [-0.15, -0.1) is 10.1 Å². The predicted molar refractivity (Wildman–Crippen MR) is 72.2 cm³/mol. The van der Waals surface area contributed by atoms with Crippen molar-refractivity contribution < 1.29 is 28.9 Å². The summed E-state index contributed by atoms with van der Waals surface area (Å²) in [5.74, 6) is -0.599. The van der Waals surface area contributed by atoms with Crippen molar-refractivity contribution in [1.29, 1.82) is 0 Å². The summed E-state index contributed by atoms with van der Waals surface area (Å²) >= 11 is 5.01. The molecule has 2 aliphatic rings. The Morgan fingerprint density at radius 1 is 1.36 bits per heavy atom. The highest BCUT2D eigenvalue weighted by Crippen LogP contribution is 2.31. The van der Waals surface area contributed by atoms with E-state index in [1.807, 2.05) is 0 Å². The molecule has 3 rings (SSSR count). The zero-order valence-corrected chi connectivity index (χ0v) is 12.0. The molecule has 10 heteroatoms. The fourth-order valence-corrected chi connectivity index (χ4v) is 2.73. The third-order valence-corrected chi connectivity index (χ3v) is 3.82. The number of hydrogen-bond donors (Lipinski definition) is 1. The maximum atomic E-state index is 12.1. The summed E-state index contributed by atoms with van der Waals surface area (Å²) in [6.45, 7) is 0.0950. The standard InChI is InChI=1S/C12H12N2O7S/c15-12(6-2-1-3-13-11(6)22)20-7-4-18-10-8(21-14(16)17)5-19-9(7)10/h1-3,7-10H,4-5H2,(H,13,22)/t7-,8+,9-,10-/m1/s1. The number of nitrogens with zero attached hydrogens (tertiary/aromatic N) is 1. The first kappa shape index (κ1) is 14.9. The largest absolute Gasteiger partial charge is 0.453 e. The summed E-state index contributed by atoms with van der Waals surface area (Å²) in [6.07, 6.45) is -1.09. The number of rotatable bonds is 4. The number of esters is 1. The monoisotopic (exact) mass is 328 g/mol. The number of aromatic amines is 1. The van der Waals surface area contributed by atoms with Gasteiger partial charge in [-0.2, -0.15) is 0 Å². The van der Waals surface area contributed by atoms with Gasteiger partial charge >= 0.3 is 5.97 Å². The van der Waals surface area contributed by atoms with Crippen molar-refractivity contribution >= 4 is 18.2 Å². The first-order valence-corrected chi connectivity index (χ1v) is 6.90. The molecule has 0 spiro atoms. The molecule has 118 valence electrons. The van der Waals surface area contributed by atoms with Crippen LogP contribution in [0.5, 0.6) is 0 Å². The molecule has 0 aliphatic carbocycles. The van der Waals surface area contributed by atoms with E-state index >= 15 is 0 Å². The van der Waals surface area contributed by atoms with E-state index in [1.54, 1.807) is 18.3 Å². The molecule has 0 bridgehead atoms. The molecular formula is C12H12N2O7S. The molecule has 1 aromatic rings. The molecule has 22 heavy (non-hydrogen) atoms. The molecule has 3 heterocycles. The molecular weight excluding hydrogens is 316 g/mol. The number of H-pyrrole nitrogens is 1. The number of carbonyl (C=O) groups is 1. The molecule has 4 atom stereocenters. The zero-order valence-electron chi connectivity index (χ0n) is 11.2. The topological polar surface area (TPSA) is 113 Å². The Hall–Kier alpha value is -2.04. The van der Waals surface area contributed by atoms with Crippen molar-refractivity contribution in [2.75, 3.05) is 13.2 Å². The molecule has 1 N–H and O–H groups in total. The van der Waals surface area contributed by atoms with Gasteiger partial charge in [0, 0.05) is 6.20 Å². The third-order valence-electron chi connectivity index (χ3n) is 3.48. The fourth-order valence-electron chi connectivity index (χ4n) is 2.51. The van der Waals surface area contributed by atoms with Gasteiger partial charge in [0.2, 0.25) is 0 Å². The molecule has 0 unspecified atom stereocenters. The first-order valence-electron chi connectivity index (χ1n) is 6.49. The van der Waals surface area contributed by atoms with Gasteiger partial charge in [0.15, 0.2) is 12.2 Å². The van der Waals surface area contributed by atoms with Crippen LogP contribution >= 0.6 is 12.2 Å². The summed E-state index contributed by atoms with van der Waals surface area (Å²) in [5, 5.41) is 9.51. The third kappa shape index (κ3) is 2.80. The predicted octanol–water partition coefficient (Wildman–Crippen LogP) is 0.644. The van der Waals surface area contributed by atoms with E-state index in [-0.39, 0.29) is 23.4 Å². The Morgan fingerprint density at radius 2 is 2.05 bits per heavy atom. The van der Waals surface area contributed by atoms with Crippen molar-refractivity contribution in [1.82, 2.24) is 4.98 Å². The Balaban J connectivity index is 1.66. The molecule has 2 aliphatic heterocycles. The van der Waals surface area contributed by atoms with Crippen molar-refractivity contribution in [2.24, 2.45) is 0 Å². The zero-order chi connectivity index (χ0) is 15.7. The maximum absolute atomic E-state index is 12.1. The van der Waals surface area contributed by atoms with Crippen molar-refractivity contribution in [3.05, 3.63) is 38.6 Å². The quantitative estimate of drug-likeness (QED) is 0.371. The Labute approximate surface area is 129 Å². The highest BCUT2D eigenvalue weighted by Gasteiger charge is 2.51. The summed E-state index contributed by atoms with van der Waals surface area (Å²) in [7, 11) is 0. The molecule has 0 amide bonds. The van der Waals surface area contributed by atoms with Crippen molar-refractivity contribution in [2.45, 2.75) is 24.4 Å². The lowest BCUT2D eigenvalue weighted by Crippen LogP contribution is -2.35. The SMILES string of the molecule is O=C(O[C@@H]1CO[C@H]2[C@@H]1OC[C@@H]2O[N+](=O)[O-])c1ccc[nH]c1=S. The Kier molecular flexibility index (Phi) is 4.05. The van der Waals surface area contributed by atoms with E-state index in [4.69, 9.17) is 26.4 Å². The highest BCUT2D eigenvalue weighted by molar-refractivity contribution is 7.71. The minimum atomic E-state index is -0.887. The minimum absolute atomic E-state index is 0.00969. The van der Waals surface area contributed by atoms with Gasteiger partial charge in [-0.1, -0.05) is 12.2 Å². The van der Waals surface area contributed by atoms with Crippen LogP contribution in [0.3, 0.4) is 0 Å². The molecule has 0 aromatic carbocycles. The summed E-state index contributed by atoms with van der Waals surface area (Å²) in [6, 6.07) is 3.18. The average molecular weight is 328 g/mol. The molecule has 2 saturated heterocycles. The van der Waals surface area contributed by atoms with E-state index in [2.05, 4.69) is 9.82 Å². The van der Waals surface area contributed by atoms with E-state index in [1.165, 1.54) is 0 Å². The second-order valence-corrected chi connectivity index (χ2v) is 5.23. The van der Waals surface area contributed by atoms with Gasteiger partial charge in [0.25, 0.3) is 5.09 Å². The van der Waals surface area contributed by atoms with E-state index in [9.17, 15) is 14.9 Å². The lowest BCUT2D eigenvalue weighted by atomic mass is 10.1. The van der Waals surface area contributed by atoms with E-state index < -0.39 is 35.5 Å². The lowest BCUT2D eigenvalue weighted by molar-refractivity contribution is -0.769. The van der Waals surface area contributed by atoms with Gasteiger partial charge in [-0.05, 0) is 12.1 Å². The van der Waals surface area contributed by atoms with Crippen LogP contribution in [0.1, 0.15) is 10.4 Å². The number of ether oxygens (including phenoxy) is 3. The number of fused-ring (bicyclic) bond motifs is 1. The van der Waals surface area contributed by atoms with Gasteiger partial charge in [-0.25, -0.2) is 4.79 Å². The molecule has 0 saturated carbocycles. The second kappa shape index (κ2) is 5.99. The number of hydrogen-bond acceptors (Lipinski definition) is 8. The van der Waals surface area contributed by atoms with Crippen LogP contribution in [-0.4, -0.2) is 53.7 Å². The van der Waals surface area contributed by atoms with E-state index in [0.717, 1.165) is 0 Å². The summed E-state index contributed by atoms with van der Waals surface area (Å²) in [5.41, 5.74) is 0.233. The molecule has 1 aromatic heterocycles. The van der Waals surface area contributed by atoms with Gasteiger partial charge in [0.05, 0.1) is 18.8 Å². The van der Waals surface area contributed by atoms with E-state index in [0.29, 0.717) is 0 Å². The van der Waals surface area contributed by atoms with Crippen LogP contribution in [0.2, 0.25) is 0 Å². The van der Waals surface area contributed by atoms with Crippen molar-refractivity contribution in [3.8, 4) is 0 Å². The normalized spacial score (nSPS) is 29.8. The van der Waals surface area contributed by atoms with Crippen molar-refractivity contribution in [3.63, 3.8) is 0 Å². The van der Waals surface area contributed by atoms with Gasteiger partial charge < -0.3 is 24.0 Å². The number of aromatic nitrogens is 1. The fraction of sp³-hybridized carbons (Fsp3) is 0.500. The van der Waals surface area contributed by atoms with Crippen LogP contribution in [-0.2, 0) is 19.0 Å². The number of nitrogens with one attached hydrogen (secondary N) is 1. The second-order valence-electron chi connectivity index (χ2n) is 4.82. The maximum Gasteiger partial charge on any atom is 0.341 e. The Morgan fingerprint density at radius 3 is 2.73 bits per heavy atom. The van der Waals surface area contributed by atoms with Crippen LogP contribution in [0.15, 0.2) is 18.3 Å².